The molecule has 2 aromatic rings. The van der Waals surface area contributed by atoms with Crippen molar-refractivity contribution in [1.82, 2.24) is 4.98 Å². The summed E-state index contributed by atoms with van der Waals surface area (Å²) < 4.78 is 10.1. The van der Waals surface area contributed by atoms with Crippen LogP contribution in [0.25, 0.3) is 11.3 Å². The van der Waals surface area contributed by atoms with Crippen molar-refractivity contribution in [3.05, 3.63) is 35.9 Å². The molecule has 0 amide bonds. The van der Waals surface area contributed by atoms with Gasteiger partial charge >= 0.3 is 5.97 Å². The number of carbonyl (C=O) groups is 1. The zero-order chi connectivity index (χ0) is 13.8. The molecule has 5 nitrogen and oxygen atoms in total. The molecule has 0 spiro atoms. The van der Waals surface area contributed by atoms with Crippen molar-refractivity contribution < 1.29 is 14.3 Å². The minimum atomic E-state index is -0.426. The van der Waals surface area contributed by atoms with Crippen LogP contribution in [0.3, 0.4) is 0 Å². The number of nitrogens with two attached hydrogens (primary N) is 1. The molecule has 2 rings (SSSR count). The third kappa shape index (κ3) is 2.70. The van der Waals surface area contributed by atoms with Crippen LogP contribution >= 0.6 is 0 Å². The van der Waals surface area contributed by atoms with Crippen molar-refractivity contribution in [3.63, 3.8) is 0 Å². The van der Waals surface area contributed by atoms with Gasteiger partial charge in [0.2, 0.25) is 0 Å². The van der Waals surface area contributed by atoms with Crippen LogP contribution in [0.4, 0.5) is 5.82 Å². The van der Waals surface area contributed by atoms with Crippen molar-refractivity contribution in [1.29, 1.82) is 0 Å². The van der Waals surface area contributed by atoms with Crippen LogP contribution in [-0.2, 0) is 4.74 Å². The van der Waals surface area contributed by atoms with Gasteiger partial charge in [-0.05, 0) is 25.1 Å². The van der Waals surface area contributed by atoms with Gasteiger partial charge in [0.1, 0.15) is 17.1 Å². The number of hydrogen-bond donors (Lipinski definition) is 2. The van der Waals surface area contributed by atoms with Gasteiger partial charge in [0.05, 0.1) is 13.7 Å². The standard InChI is InChI=1S/C14H16N2O3/c1-3-19-14(17)11-8-12(16-13(11)15)9-5-4-6-10(7-9)18-2/h4-8,16H,3,15H2,1-2H3. The number of anilines is 1. The maximum atomic E-state index is 11.7. The number of H-pyrrole nitrogens is 1. The smallest absolute Gasteiger partial charge is 0.341 e. The zero-order valence-electron chi connectivity index (χ0n) is 10.9. The van der Waals surface area contributed by atoms with Crippen LogP contribution in [0.15, 0.2) is 30.3 Å². The van der Waals surface area contributed by atoms with E-state index in [2.05, 4.69) is 4.98 Å². The number of methoxy groups -OCH3 is 1. The number of carbonyl (C=O) groups excluding carboxylic acids is 1. The van der Waals surface area contributed by atoms with E-state index in [1.807, 2.05) is 24.3 Å². The van der Waals surface area contributed by atoms with Crippen molar-refractivity contribution in [3.8, 4) is 17.0 Å². The summed E-state index contributed by atoms with van der Waals surface area (Å²) in [5.74, 6) is 0.616. The monoisotopic (exact) mass is 260 g/mol. The predicted molar refractivity (Wildman–Crippen MR) is 73.1 cm³/mol. The van der Waals surface area contributed by atoms with Crippen LogP contribution in [0.2, 0.25) is 0 Å². The summed E-state index contributed by atoms with van der Waals surface area (Å²) in [5.41, 5.74) is 7.78. The first-order chi connectivity index (χ1) is 9.15. The molecule has 0 radical (unpaired) electrons. The summed E-state index contributed by atoms with van der Waals surface area (Å²) >= 11 is 0. The SMILES string of the molecule is CCOC(=O)c1cc(-c2cccc(OC)c2)[nH]c1N. The largest absolute Gasteiger partial charge is 0.497 e. The van der Waals surface area contributed by atoms with Crippen LogP contribution in [-0.4, -0.2) is 24.7 Å². The van der Waals surface area contributed by atoms with Gasteiger partial charge in [-0.1, -0.05) is 12.1 Å². The predicted octanol–water partition coefficient (Wildman–Crippen LogP) is 2.45. The molecule has 0 bridgehead atoms. The van der Waals surface area contributed by atoms with Gasteiger partial charge < -0.3 is 20.2 Å². The number of hydrogen-bond acceptors (Lipinski definition) is 4. The Morgan fingerprint density at radius 1 is 1.37 bits per heavy atom. The number of aromatic amines is 1. The van der Waals surface area contributed by atoms with E-state index in [9.17, 15) is 4.79 Å². The summed E-state index contributed by atoms with van der Waals surface area (Å²) in [4.78, 5) is 14.7. The highest BCUT2D eigenvalue weighted by molar-refractivity contribution is 5.96. The highest BCUT2D eigenvalue weighted by Crippen LogP contribution is 2.26. The van der Waals surface area contributed by atoms with Crippen LogP contribution < -0.4 is 10.5 Å². The molecule has 0 fully saturated rings. The molecule has 0 saturated heterocycles. The highest BCUT2D eigenvalue weighted by atomic mass is 16.5. The molecule has 0 unspecified atom stereocenters. The summed E-state index contributed by atoms with van der Waals surface area (Å²) in [6.45, 7) is 2.07. The number of aromatic nitrogens is 1. The molecule has 3 N–H and O–H groups in total. The molecule has 1 aromatic carbocycles. The molecule has 1 aromatic heterocycles. The number of nitrogen functional groups attached to an aromatic ring is 1. The first-order valence-corrected chi connectivity index (χ1v) is 5.95. The van der Waals surface area contributed by atoms with Gasteiger partial charge in [0.25, 0.3) is 0 Å². The molecule has 100 valence electrons. The van der Waals surface area contributed by atoms with Gasteiger partial charge in [-0.2, -0.15) is 0 Å². The van der Waals surface area contributed by atoms with E-state index in [0.29, 0.717) is 18.0 Å². The Morgan fingerprint density at radius 3 is 2.84 bits per heavy atom. The van der Waals surface area contributed by atoms with Crippen LogP contribution in [0, 0.1) is 0 Å². The summed E-state index contributed by atoms with van der Waals surface area (Å²) in [6, 6.07) is 9.17. The van der Waals surface area contributed by atoms with E-state index in [1.54, 1.807) is 20.1 Å². The second kappa shape index (κ2) is 5.48. The Kier molecular flexibility index (Phi) is 3.75. The van der Waals surface area contributed by atoms with Crippen molar-refractivity contribution in [2.45, 2.75) is 6.92 Å². The maximum absolute atomic E-state index is 11.7. The molecular weight excluding hydrogens is 244 g/mol. The van der Waals surface area contributed by atoms with E-state index in [0.717, 1.165) is 17.0 Å². The quantitative estimate of drug-likeness (QED) is 0.828. The van der Waals surface area contributed by atoms with E-state index < -0.39 is 5.97 Å². The summed E-state index contributed by atoms with van der Waals surface area (Å²) in [7, 11) is 1.60. The second-order valence-corrected chi connectivity index (χ2v) is 3.96. The zero-order valence-corrected chi connectivity index (χ0v) is 10.9. The number of esters is 1. The maximum Gasteiger partial charge on any atom is 0.341 e. The van der Waals surface area contributed by atoms with Crippen LogP contribution in [0.1, 0.15) is 17.3 Å². The molecule has 0 saturated carbocycles. The normalized spacial score (nSPS) is 10.2. The highest BCUT2D eigenvalue weighted by Gasteiger charge is 2.15. The third-order valence-corrected chi connectivity index (χ3v) is 2.72. The van der Waals surface area contributed by atoms with E-state index in [1.165, 1.54) is 0 Å². The number of rotatable bonds is 4. The number of nitrogens with one attached hydrogen (secondary N) is 1. The number of ether oxygens (including phenoxy) is 2. The Balaban J connectivity index is 2.36. The van der Waals surface area contributed by atoms with Gasteiger partial charge in [-0.15, -0.1) is 0 Å². The molecule has 0 aliphatic carbocycles. The third-order valence-electron chi connectivity index (χ3n) is 2.72. The molecule has 0 atom stereocenters. The summed E-state index contributed by atoms with van der Waals surface area (Å²) in [6.07, 6.45) is 0. The average molecular weight is 260 g/mol. The van der Waals surface area contributed by atoms with E-state index in [-0.39, 0.29) is 0 Å². The summed E-state index contributed by atoms with van der Waals surface area (Å²) in [5, 5.41) is 0. The molecule has 19 heavy (non-hydrogen) atoms. The van der Waals surface area contributed by atoms with Gasteiger partial charge in [-0.25, -0.2) is 4.79 Å². The van der Waals surface area contributed by atoms with Gasteiger partial charge in [-0.3, -0.25) is 0 Å². The lowest BCUT2D eigenvalue weighted by Gasteiger charge is -2.02. The number of benzene rings is 1. The molecule has 0 aliphatic heterocycles. The Bertz CT molecular complexity index is 590. The second-order valence-electron chi connectivity index (χ2n) is 3.96. The molecule has 5 heteroatoms. The fourth-order valence-corrected chi connectivity index (χ4v) is 1.79. The van der Waals surface area contributed by atoms with E-state index >= 15 is 0 Å². The molecule has 0 aliphatic rings. The first-order valence-electron chi connectivity index (χ1n) is 5.95. The van der Waals surface area contributed by atoms with Gasteiger partial charge in [0, 0.05) is 11.3 Å². The minimum absolute atomic E-state index is 0.302. The minimum Gasteiger partial charge on any atom is -0.497 e. The molecule has 1 heterocycles. The van der Waals surface area contributed by atoms with Crippen molar-refractivity contribution in [2.75, 3.05) is 19.5 Å². The lowest BCUT2D eigenvalue weighted by molar-refractivity contribution is 0.0528. The van der Waals surface area contributed by atoms with Gasteiger partial charge in [0.15, 0.2) is 0 Å². The lowest BCUT2D eigenvalue weighted by Crippen LogP contribution is -2.05. The van der Waals surface area contributed by atoms with E-state index in [4.69, 9.17) is 15.2 Å². The fourth-order valence-electron chi connectivity index (χ4n) is 1.79. The fraction of sp³-hybridized carbons (Fsp3) is 0.214. The first kappa shape index (κ1) is 13.0. The lowest BCUT2D eigenvalue weighted by atomic mass is 10.1. The molecular formula is C14H16N2O3. The Hall–Kier alpha value is -2.43. The topological polar surface area (TPSA) is 77.3 Å². The Morgan fingerprint density at radius 2 is 2.16 bits per heavy atom. The average Bonchev–Trinajstić information content (AvgIpc) is 2.81. The van der Waals surface area contributed by atoms with Crippen molar-refractivity contribution in [2.24, 2.45) is 0 Å². The van der Waals surface area contributed by atoms with Crippen LogP contribution in [0.5, 0.6) is 5.75 Å². The van der Waals surface area contributed by atoms with Crippen molar-refractivity contribution >= 4 is 11.8 Å². The Labute approximate surface area is 111 Å².